The van der Waals surface area contributed by atoms with Crippen molar-refractivity contribution in [2.24, 2.45) is 7.05 Å². The van der Waals surface area contributed by atoms with E-state index >= 15 is 0 Å². The smallest absolute Gasteiger partial charge is 0.261 e. The van der Waals surface area contributed by atoms with Crippen molar-refractivity contribution >= 4 is 28.3 Å². The van der Waals surface area contributed by atoms with Crippen molar-refractivity contribution in [3.8, 4) is 0 Å². The molecule has 1 aromatic heterocycles. The summed E-state index contributed by atoms with van der Waals surface area (Å²) in [5.41, 5.74) is 1.91. The first kappa shape index (κ1) is 18.2. The lowest BCUT2D eigenvalue weighted by atomic mass is 9.93. The number of aromatic nitrogens is 2. The molecular formula is C21H23N4O3+. The predicted molar refractivity (Wildman–Crippen MR) is 105 cm³/mol. The molecule has 2 N–H and O–H groups in total. The van der Waals surface area contributed by atoms with Crippen molar-refractivity contribution in [3.05, 3.63) is 60.2 Å². The minimum Gasteiger partial charge on any atom is -0.395 e. The largest absolute Gasteiger partial charge is 0.395 e. The lowest BCUT2D eigenvalue weighted by Crippen LogP contribution is -2.41. The molecule has 0 bridgehead atoms. The van der Waals surface area contributed by atoms with Crippen LogP contribution in [-0.2, 0) is 13.6 Å². The van der Waals surface area contributed by atoms with Crippen LogP contribution in [0.2, 0.25) is 0 Å². The first-order valence-corrected chi connectivity index (χ1v) is 9.38. The van der Waals surface area contributed by atoms with Gasteiger partial charge in [-0.25, -0.2) is 9.13 Å². The van der Waals surface area contributed by atoms with Crippen molar-refractivity contribution in [1.82, 2.24) is 9.47 Å². The molecule has 3 aromatic rings. The number of benzene rings is 2. The highest BCUT2D eigenvalue weighted by Gasteiger charge is 2.33. The summed E-state index contributed by atoms with van der Waals surface area (Å²) in [6.07, 6.45) is 6.58. The molecule has 0 fully saturated rings. The number of carbonyl (C=O) groups excluding carboxylic acids is 2. The lowest BCUT2D eigenvalue weighted by molar-refractivity contribution is -0.671. The molecule has 2 aromatic carbocycles. The van der Waals surface area contributed by atoms with E-state index in [-0.39, 0.29) is 18.4 Å². The summed E-state index contributed by atoms with van der Waals surface area (Å²) in [6.45, 7) is 1.52. The summed E-state index contributed by atoms with van der Waals surface area (Å²) >= 11 is 0. The zero-order chi connectivity index (χ0) is 19.7. The molecule has 0 atom stereocenters. The summed E-state index contributed by atoms with van der Waals surface area (Å²) in [5.74, 6) is -0.499. The Balaban J connectivity index is 1.61. The van der Waals surface area contributed by atoms with E-state index in [2.05, 4.69) is 5.32 Å². The van der Waals surface area contributed by atoms with Crippen LogP contribution >= 0.6 is 0 Å². The van der Waals surface area contributed by atoms with Gasteiger partial charge in [-0.2, -0.15) is 0 Å². The predicted octanol–water partition coefficient (Wildman–Crippen LogP) is 1.56. The minimum absolute atomic E-state index is 0.00794. The molecule has 1 aliphatic heterocycles. The highest BCUT2D eigenvalue weighted by Crippen LogP contribution is 2.34. The monoisotopic (exact) mass is 379 g/mol. The topological polar surface area (TPSA) is 78.4 Å². The van der Waals surface area contributed by atoms with Gasteiger partial charge < -0.3 is 10.4 Å². The van der Waals surface area contributed by atoms with Gasteiger partial charge in [0, 0.05) is 47.1 Å². The SMILES string of the molecule is C[n+]1ccn(CCCN2C(=O)c3cccc4c(NCCO)ccc(c34)C2=O)c1. The number of imide groups is 1. The number of nitrogens with one attached hydrogen (secondary N) is 1. The van der Waals surface area contributed by atoms with Crippen LogP contribution in [0.15, 0.2) is 49.1 Å². The quantitative estimate of drug-likeness (QED) is 0.482. The fourth-order valence-electron chi connectivity index (χ4n) is 3.74. The van der Waals surface area contributed by atoms with Gasteiger partial charge in [0.2, 0.25) is 6.33 Å². The molecule has 0 saturated heterocycles. The van der Waals surface area contributed by atoms with Gasteiger partial charge in [0.15, 0.2) is 0 Å². The fraction of sp³-hybridized carbons (Fsp3) is 0.286. The van der Waals surface area contributed by atoms with Gasteiger partial charge in [0.1, 0.15) is 12.4 Å². The second-order valence-electron chi connectivity index (χ2n) is 6.97. The van der Waals surface area contributed by atoms with Crippen LogP contribution in [-0.4, -0.2) is 46.1 Å². The van der Waals surface area contributed by atoms with Crippen LogP contribution in [0, 0.1) is 0 Å². The summed E-state index contributed by atoms with van der Waals surface area (Å²) in [6, 6.07) is 9.10. The van der Waals surface area contributed by atoms with E-state index in [1.165, 1.54) is 4.90 Å². The van der Waals surface area contributed by atoms with Gasteiger partial charge in [-0.1, -0.05) is 12.1 Å². The Bertz CT molecular complexity index is 1030. The average Bonchev–Trinajstić information content (AvgIpc) is 3.12. The van der Waals surface area contributed by atoms with E-state index in [0.717, 1.165) is 17.6 Å². The Kier molecular flexibility index (Phi) is 4.83. The van der Waals surface area contributed by atoms with Crippen LogP contribution < -0.4 is 9.88 Å². The third-order valence-electron chi connectivity index (χ3n) is 5.04. The zero-order valence-electron chi connectivity index (χ0n) is 15.8. The lowest BCUT2D eigenvalue weighted by Gasteiger charge is -2.27. The number of amides is 2. The maximum Gasteiger partial charge on any atom is 0.261 e. The summed E-state index contributed by atoms with van der Waals surface area (Å²) in [4.78, 5) is 27.4. The van der Waals surface area contributed by atoms with Crippen LogP contribution in [0.3, 0.4) is 0 Å². The van der Waals surface area contributed by atoms with E-state index in [4.69, 9.17) is 5.11 Å². The molecule has 0 aliphatic carbocycles. The van der Waals surface area contributed by atoms with Crippen LogP contribution in [0.4, 0.5) is 5.69 Å². The van der Waals surface area contributed by atoms with Gasteiger partial charge in [0.25, 0.3) is 11.8 Å². The average molecular weight is 379 g/mol. The molecule has 0 spiro atoms. The van der Waals surface area contributed by atoms with Crippen LogP contribution in [0.1, 0.15) is 27.1 Å². The molecule has 7 heteroatoms. The number of hydrogen-bond donors (Lipinski definition) is 2. The Hall–Kier alpha value is -3.19. The molecule has 4 rings (SSSR count). The van der Waals surface area contributed by atoms with Crippen molar-refractivity contribution in [1.29, 1.82) is 0 Å². The first-order valence-electron chi connectivity index (χ1n) is 9.38. The molecule has 2 heterocycles. The third-order valence-corrected chi connectivity index (χ3v) is 5.04. The molecule has 28 heavy (non-hydrogen) atoms. The zero-order valence-corrected chi connectivity index (χ0v) is 15.8. The van der Waals surface area contributed by atoms with Crippen molar-refractivity contribution < 1.29 is 19.3 Å². The normalized spacial score (nSPS) is 13.4. The molecule has 144 valence electrons. The molecule has 7 nitrogen and oxygen atoms in total. The van der Waals surface area contributed by atoms with Gasteiger partial charge >= 0.3 is 0 Å². The number of aliphatic hydroxyl groups excluding tert-OH is 1. The molecule has 1 aliphatic rings. The first-order chi connectivity index (χ1) is 13.6. The maximum atomic E-state index is 13.0. The second kappa shape index (κ2) is 7.44. The summed E-state index contributed by atoms with van der Waals surface area (Å²) in [5, 5.41) is 13.7. The van der Waals surface area contributed by atoms with E-state index in [1.54, 1.807) is 12.1 Å². The van der Waals surface area contributed by atoms with Gasteiger partial charge in [0.05, 0.1) is 20.2 Å². The van der Waals surface area contributed by atoms with E-state index in [0.29, 0.717) is 36.0 Å². The molecule has 2 amide bonds. The minimum atomic E-state index is -0.250. The summed E-state index contributed by atoms with van der Waals surface area (Å²) in [7, 11) is 1.95. The Labute approximate surface area is 162 Å². The number of aliphatic hydroxyl groups is 1. The Morgan fingerprint density at radius 3 is 2.57 bits per heavy atom. The molecule has 0 unspecified atom stereocenters. The van der Waals surface area contributed by atoms with Crippen LogP contribution in [0.25, 0.3) is 10.8 Å². The van der Waals surface area contributed by atoms with E-state index in [9.17, 15) is 9.59 Å². The number of nitrogens with zero attached hydrogens (tertiary/aromatic N) is 3. The third kappa shape index (κ3) is 3.14. The van der Waals surface area contributed by atoms with Crippen molar-refractivity contribution in [2.75, 3.05) is 25.0 Å². The number of carbonyl (C=O) groups is 2. The molecule has 0 saturated carbocycles. The number of anilines is 1. The number of imidazole rings is 1. The van der Waals surface area contributed by atoms with E-state index < -0.39 is 0 Å². The number of aryl methyl sites for hydroxylation is 2. The van der Waals surface area contributed by atoms with E-state index in [1.807, 2.05) is 53.1 Å². The summed E-state index contributed by atoms with van der Waals surface area (Å²) < 4.78 is 3.99. The number of rotatable bonds is 7. The van der Waals surface area contributed by atoms with Crippen molar-refractivity contribution in [3.63, 3.8) is 0 Å². The van der Waals surface area contributed by atoms with Gasteiger partial charge in [-0.05, 0) is 18.2 Å². The highest BCUT2D eigenvalue weighted by atomic mass is 16.3. The Morgan fingerprint density at radius 2 is 1.86 bits per heavy atom. The van der Waals surface area contributed by atoms with Gasteiger partial charge in [-0.3, -0.25) is 14.5 Å². The Morgan fingerprint density at radius 1 is 1.07 bits per heavy atom. The molecule has 0 radical (unpaired) electrons. The maximum absolute atomic E-state index is 13.0. The molecular weight excluding hydrogens is 356 g/mol. The number of hydrogen-bond acceptors (Lipinski definition) is 4. The second-order valence-corrected chi connectivity index (χ2v) is 6.97. The van der Waals surface area contributed by atoms with Crippen molar-refractivity contribution in [2.45, 2.75) is 13.0 Å². The highest BCUT2D eigenvalue weighted by molar-refractivity contribution is 6.26. The van der Waals surface area contributed by atoms with Crippen LogP contribution in [0.5, 0.6) is 0 Å². The standard InChI is InChI=1S/C21H22N4O3/c1-23-11-12-24(14-23)9-3-10-25-20(27)16-5-2-4-15-18(22-8-13-26)7-6-17(19(15)16)21(25)28/h2,4-7,11-12,14,26H,3,8-10,13H2,1H3/p+1. The fourth-order valence-corrected chi connectivity index (χ4v) is 3.74. The van der Waals surface area contributed by atoms with Gasteiger partial charge in [-0.15, -0.1) is 0 Å².